The van der Waals surface area contributed by atoms with Gasteiger partial charge in [0.1, 0.15) is 16.9 Å². The third-order valence-corrected chi connectivity index (χ3v) is 5.20. The summed E-state index contributed by atoms with van der Waals surface area (Å²) in [5.74, 6) is -0.593. The van der Waals surface area contributed by atoms with Gasteiger partial charge in [0.2, 0.25) is 0 Å². The maximum Gasteiger partial charge on any atom is 0.351 e. The van der Waals surface area contributed by atoms with Crippen LogP contribution in [0.2, 0.25) is 0 Å². The molecule has 1 heterocycles. The Kier molecular flexibility index (Phi) is 9.16. The molecule has 0 N–H and O–H groups in total. The Labute approximate surface area is 208 Å². The maximum absolute atomic E-state index is 12.6. The highest BCUT2D eigenvalue weighted by Crippen LogP contribution is 2.22. The number of rotatable bonds is 11. The van der Waals surface area contributed by atoms with Gasteiger partial charge in [-0.2, -0.15) is 0 Å². The van der Waals surface area contributed by atoms with Crippen LogP contribution in [0, 0.1) is 6.92 Å². The second kappa shape index (κ2) is 12.5. The molecular weight excluding hydrogens is 464 g/mol. The molecule has 0 aliphatic heterocycles. The molecular formula is C28H28O8. The minimum Gasteiger partial charge on any atom is -0.494 e. The molecule has 1 aromatic heterocycles. The quantitative estimate of drug-likeness (QED) is 0.122. The molecule has 0 aliphatic rings. The molecule has 3 aromatic rings. The number of ketones is 1. The van der Waals surface area contributed by atoms with E-state index in [0.29, 0.717) is 59.5 Å². The topological polar surface area (TPSA) is 109 Å². The Hall–Kier alpha value is -4.20. The first kappa shape index (κ1) is 26.4. The average Bonchev–Trinajstić information content (AvgIpc) is 2.86. The Morgan fingerprint density at radius 1 is 0.972 bits per heavy atom. The largest absolute Gasteiger partial charge is 0.494 e. The normalized spacial score (nSPS) is 11.0. The van der Waals surface area contributed by atoms with E-state index >= 15 is 0 Å². The van der Waals surface area contributed by atoms with Gasteiger partial charge in [0.25, 0.3) is 0 Å². The molecule has 0 unspecified atom stereocenters. The van der Waals surface area contributed by atoms with Crippen molar-refractivity contribution in [1.82, 2.24) is 0 Å². The van der Waals surface area contributed by atoms with Crippen LogP contribution in [0.5, 0.6) is 5.75 Å². The Balaban J connectivity index is 1.67. The summed E-state index contributed by atoms with van der Waals surface area (Å²) in [5, 5.41) is 0.550. The second-order valence-corrected chi connectivity index (χ2v) is 7.90. The van der Waals surface area contributed by atoms with Crippen LogP contribution in [0.1, 0.15) is 58.5 Å². The second-order valence-electron chi connectivity index (χ2n) is 7.90. The van der Waals surface area contributed by atoms with Gasteiger partial charge >= 0.3 is 17.6 Å². The lowest BCUT2D eigenvalue weighted by atomic mass is 10.0. The van der Waals surface area contributed by atoms with Crippen molar-refractivity contribution in [1.29, 1.82) is 0 Å². The van der Waals surface area contributed by atoms with Crippen molar-refractivity contribution in [2.24, 2.45) is 0 Å². The summed E-state index contributed by atoms with van der Waals surface area (Å²) < 4.78 is 20.7. The molecule has 2 aromatic carbocycles. The van der Waals surface area contributed by atoms with E-state index in [2.05, 4.69) is 0 Å². The van der Waals surface area contributed by atoms with Crippen molar-refractivity contribution in [3.63, 3.8) is 0 Å². The van der Waals surface area contributed by atoms with Crippen molar-refractivity contribution in [3.8, 4) is 5.75 Å². The van der Waals surface area contributed by atoms with Crippen LogP contribution in [-0.4, -0.2) is 37.5 Å². The molecule has 0 aliphatic carbocycles. The highest BCUT2D eigenvalue weighted by Gasteiger charge is 2.16. The van der Waals surface area contributed by atoms with Gasteiger partial charge in [-0.25, -0.2) is 9.59 Å². The molecule has 0 bridgehead atoms. The number of carbonyl (C=O) groups is 3. The van der Waals surface area contributed by atoms with Gasteiger partial charge in [0, 0.05) is 17.4 Å². The lowest BCUT2D eigenvalue weighted by Gasteiger charge is -2.07. The minimum atomic E-state index is -0.756. The van der Waals surface area contributed by atoms with Crippen molar-refractivity contribution in [2.45, 2.75) is 33.6 Å². The number of benzene rings is 2. The average molecular weight is 493 g/mol. The fourth-order valence-corrected chi connectivity index (χ4v) is 3.51. The summed E-state index contributed by atoms with van der Waals surface area (Å²) >= 11 is 0. The first-order valence-corrected chi connectivity index (χ1v) is 11.7. The smallest absolute Gasteiger partial charge is 0.351 e. The predicted molar refractivity (Wildman–Crippen MR) is 134 cm³/mol. The molecule has 8 heteroatoms. The Bertz CT molecular complexity index is 1330. The number of aryl methyl sites for hydroxylation is 1. The molecule has 188 valence electrons. The summed E-state index contributed by atoms with van der Waals surface area (Å²) in [6.07, 6.45) is 3.93. The minimum absolute atomic E-state index is 0.142. The van der Waals surface area contributed by atoms with Gasteiger partial charge in [-0.3, -0.25) is 9.59 Å². The number of esters is 2. The Morgan fingerprint density at radius 2 is 1.69 bits per heavy atom. The van der Waals surface area contributed by atoms with Crippen LogP contribution in [0.4, 0.5) is 0 Å². The van der Waals surface area contributed by atoms with E-state index in [-0.39, 0.29) is 23.9 Å². The van der Waals surface area contributed by atoms with Crippen LogP contribution in [0.25, 0.3) is 17.0 Å². The fraction of sp³-hybridized carbons (Fsp3) is 0.286. The van der Waals surface area contributed by atoms with Crippen molar-refractivity contribution >= 4 is 34.8 Å². The van der Waals surface area contributed by atoms with Crippen LogP contribution >= 0.6 is 0 Å². The molecule has 0 spiro atoms. The first-order chi connectivity index (χ1) is 17.3. The molecule has 0 saturated heterocycles. The summed E-state index contributed by atoms with van der Waals surface area (Å²) in [4.78, 5) is 48.2. The monoisotopic (exact) mass is 492 g/mol. The molecule has 8 nitrogen and oxygen atoms in total. The van der Waals surface area contributed by atoms with E-state index < -0.39 is 11.6 Å². The van der Waals surface area contributed by atoms with Crippen molar-refractivity contribution in [2.75, 3.05) is 19.8 Å². The number of hydrogen-bond donors (Lipinski definition) is 0. The van der Waals surface area contributed by atoms with E-state index in [9.17, 15) is 19.2 Å². The standard InChI is InChI=1S/C28H28O8/c1-4-33-25(30)7-6-14-35-22-11-9-20(10-12-22)24(29)13-8-19-15-18(3)26-21(16-19)17-23(28(32)36-26)27(31)34-5-2/h8-13,15-17H,4-7,14H2,1-3H3/b13-8+. The zero-order valence-electron chi connectivity index (χ0n) is 20.5. The highest BCUT2D eigenvalue weighted by molar-refractivity contribution is 6.07. The lowest BCUT2D eigenvalue weighted by Crippen LogP contribution is -2.16. The molecule has 0 amide bonds. The van der Waals surface area contributed by atoms with Gasteiger partial charge < -0.3 is 18.6 Å². The van der Waals surface area contributed by atoms with E-state index in [4.69, 9.17) is 18.6 Å². The molecule has 0 radical (unpaired) electrons. The number of allylic oxidation sites excluding steroid dienone is 1. The number of ether oxygens (including phenoxy) is 3. The molecule has 0 fully saturated rings. The van der Waals surface area contributed by atoms with Crippen LogP contribution in [0.3, 0.4) is 0 Å². The van der Waals surface area contributed by atoms with Crippen molar-refractivity contribution < 1.29 is 33.0 Å². The Morgan fingerprint density at radius 3 is 2.39 bits per heavy atom. The van der Waals surface area contributed by atoms with E-state index in [1.807, 2.05) is 0 Å². The zero-order chi connectivity index (χ0) is 26.1. The maximum atomic E-state index is 12.6. The van der Waals surface area contributed by atoms with Gasteiger partial charge in [-0.05, 0) is 86.9 Å². The summed E-state index contributed by atoms with van der Waals surface area (Å²) in [6, 6.07) is 11.7. The third-order valence-electron chi connectivity index (χ3n) is 5.20. The van der Waals surface area contributed by atoms with E-state index in [1.165, 1.54) is 12.1 Å². The molecule has 3 rings (SSSR count). The molecule has 36 heavy (non-hydrogen) atoms. The number of fused-ring (bicyclic) bond motifs is 1. The summed E-state index contributed by atoms with van der Waals surface area (Å²) in [7, 11) is 0. The van der Waals surface area contributed by atoms with Gasteiger partial charge in [-0.15, -0.1) is 0 Å². The SMILES string of the molecule is CCOC(=O)CCCOc1ccc(C(=O)/C=C/c2cc(C)c3oc(=O)c(C(=O)OCC)cc3c2)cc1. The van der Waals surface area contributed by atoms with Crippen molar-refractivity contribution in [3.05, 3.63) is 81.2 Å². The van der Waals surface area contributed by atoms with Crippen LogP contribution < -0.4 is 10.4 Å². The summed E-state index contributed by atoms with van der Waals surface area (Å²) in [6.45, 7) is 6.06. The molecule has 0 atom stereocenters. The van der Waals surface area contributed by atoms with E-state index in [0.717, 1.165) is 0 Å². The number of carbonyl (C=O) groups excluding carboxylic acids is 3. The highest BCUT2D eigenvalue weighted by atomic mass is 16.5. The zero-order valence-corrected chi connectivity index (χ0v) is 20.5. The van der Waals surface area contributed by atoms with Gasteiger partial charge in [0.05, 0.1) is 19.8 Å². The van der Waals surface area contributed by atoms with E-state index in [1.54, 1.807) is 63.2 Å². The van der Waals surface area contributed by atoms with Gasteiger partial charge in [-0.1, -0.05) is 6.08 Å². The van der Waals surface area contributed by atoms with Crippen LogP contribution in [-0.2, 0) is 14.3 Å². The third kappa shape index (κ3) is 6.91. The first-order valence-electron chi connectivity index (χ1n) is 11.7. The lowest BCUT2D eigenvalue weighted by molar-refractivity contribution is -0.143. The van der Waals surface area contributed by atoms with Crippen LogP contribution in [0.15, 0.2) is 57.8 Å². The number of hydrogen-bond acceptors (Lipinski definition) is 8. The fourth-order valence-electron chi connectivity index (χ4n) is 3.51. The van der Waals surface area contributed by atoms with Gasteiger partial charge in [0.15, 0.2) is 5.78 Å². The molecule has 0 saturated carbocycles. The summed E-state index contributed by atoms with van der Waals surface area (Å²) in [5.41, 5.74) is 1.32. The predicted octanol–water partition coefficient (Wildman–Crippen LogP) is 4.90.